The van der Waals surface area contributed by atoms with E-state index >= 15 is 0 Å². The van der Waals surface area contributed by atoms with Crippen molar-refractivity contribution in [1.29, 1.82) is 0 Å². The lowest BCUT2D eigenvalue weighted by Crippen LogP contribution is -2.41. The summed E-state index contributed by atoms with van der Waals surface area (Å²) in [5, 5.41) is 0. The lowest BCUT2D eigenvalue weighted by molar-refractivity contribution is -0.137. The summed E-state index contributed by atoms with van der Waals surface area (Å²) in [6, 6.07) is 14.9. The summed E-state index contributed by atoms with van der Waals surface area (Å²) in [5.74, 6) is 1.37. The Bertz CT molecular complexity index is 1060. The molecule has 6 heteroatoms. The second-order valence-corrected chi connectivity index (χ2v) is 8.66. The van der Waals surface area contributed by atoms with Crippen LogP contribution in [0.5, 0.6) is 0 Å². The van der Waals surface area contributed by atoms with Crippen LogP contribution in [0.3, 0.4) is 0 Å². The number of rotatable bonds is 8. The molecule has 1 aromatic heterocycles. The Kier molecular flexibility index (Phi) is 7.20. The number of hydrogen-bond donors (Lipinski definition) is 0. The van der Waals surface area contributed by atoms with Gasteiger partial charge in [-0.3, -0.25) is 4.79 Å². The van der Waals surface area contributed by atoms with E-state index in [0.717, 1.165) is 61.2 Å². The van der Waals surface area contributed by atoms with Gasteiger partial charge in [0.25, 0.3) is 0 Å². The molecule has 1 fully saturated rings. The van der Waals surface area contributed by atoms with E-state index in [2.05, 4.69) is 17.6 Å². The number of methoxy groups -OCH3 is 1. The Morgan fingerprint density at radius 2 is 1.97 bits per heavy atom. The number of imidazole rings is 1. The van der Waals surface area contributed by atoms with Crippen LogP contribution in [-0.2, 0) is 16.1 Å². The number of benzene rings is 2. The third kappa shape index (κ3) is 4.85. The predicted octanol–water partition coefficient (Wildman–Crippen LogP) is 4.99. The molecule has 1 aliphatic rings. The topological polar surface area (TPSA) is 47.4 Å². The van der Waals surface area contributed by atoms with Gasteiger partial charge in [-0.1, -0.05) is 31.2 Å². The van der Waals surface area contributed by atoms with Crippen LogP contribution in [0.4, 0.5) is 4.39 Å². The summed E-state index contributed by atoms with van der Waals surface area (Å²) in [4.78, 5) is 20.0. The van der Waals surface area contributed by atoms with Gasteiger partial charge in [0.1, 0.15) is 11.6 Å². The fraction of sp³-hybridized carbons (Fsp3) is 0.462. The van der Waals surface area contributed by atoms with E-state index in [1.165, 1.54) is 6.07 Å². The molecule has 170 valence electrons. The Balaban J connectivity index is 1.53. The van der Waals surface area contributed by atoms with Crippen molar-refractivity contribution in [1.82, 2.24) is 14.5 Å². The smallest absolute Gasteiger partial charge is 0.225 e. The monoisotopic (exact) mass is 437 g/mol. The number of nitrogens with zero attached hydrogens (tertiary/aromatic N) is 3. The Morgan fingerprint density at radius 1 is 1.19 bits per heavy atom. The van der Waals surface area contributed by atoms with Crippen molar-refractivity contribution in [3.8, 4) is 0 Å². The third-order valence-corrected chi connectivity index (χ3v) is 6.60. The van der Waals surface area contributed by atoms with Crippen LogP contribution in [0.15, 0.2) is 48.5 Å². The maximum absolute atomic E-state index is 13.8. The van der Waals surface area contributed by atoms with E-state index < -0.39 is 0 Å². The van der Waals surface area contributed by atoms with Crippen LogP contribution in [0.2, 0.25) is 0 Å². The average molecular weight is 438 g/mol. The van der Waals surface area contributed by atoms with Gasteiger partial charge >= 0.3 is 0 Å². The van der Waals surface area contributed by atoms with Crippen molar-refractivity contribution in [2.75, 3.05) is 26.8 Å². The molecule has 3 aromatic rings. The number of piperidine rings is 1. The highest BCUT2D eigenvalue weighted by Crippen LogP contribution is 2.32. The van der Waals surface area contributed by atoms with Crippen molar-refractivity contribution >= 4 is 16.9 Å². The molecule has 4 rings (SSSR count). The van der Waals surface area contributed by atoms with Gasteiger partial charge in [-0.05, 0) is 55.5 Å². The molecule has 1 saturated heterocycles. The van der Waals surface area contributed by atoms with E-state index in [1.807, 2.05) is 29.2 Å². The zero-order valence-electron chi connectivity index (χ0n) is 19.0. The summed E-state index contributed by atoms with van der Waals surface area (Å²) in [5.41, 5.74) is 2.95. The Morgan fingerprint density at radius 3 is 2.69 bits per heavy atom. The van der Waals surface area contributed by atoms with Crippen molar-refractivity contribution in [2.24, 2.45) is 5.92 Å². The minimum absolute atomic E-state index is 0.0315. The molecule has 1 amide bonds. The first-order valence-electron chi connectivity index (χ1n) is 11.6. The molecule has 0 aliphatic carbocycles. The van der Waals surface area contributed by atoms with E-state index in [1.54, 1.807) is 19.2 Å². The van der Waals surface area contributed by atoms with E-state index in [4.69, 9.17) is 9.72 Å². The van der Waals surface area contributed by atoms with E-state index in [0.29, 0.717) is 13.2 Å². The molecular weight excluding hydrogens is 405 g/mol. The second-order valence-electron chi connectivity index (χ2n) is 8.66. The van der Waals surface area contributed by atoms with Gasteiger partial charge in [0.15, 0.2) is 0 Å². The highest BCUT2D eigenvalue weighted by molar-refractivity contribution is 5.79. The molecule has 1 atom stereocenters. The lowest BCUT2D eigenvalue weighted by Gasteiger charge is -2.34. The van der Waals surface area contributed by atoms with Crippen LogP contribution in [0, 0.1) is 11.7 Å². The summed E-state index contributed by atoms with van der Waals surface area (Å²) >= 11 is 0. The standard InChI is InChI=1S/C26H32FN3O2/c1-3-20(13-16-32-2)26(31)29-14-11-21(12-15-29)25-28-23-9-4-5-10-24(23)30(25)18-19-7-6-8-22(27)17-19/h4-10,17,20-21H,3,11-16,18H2,1-2H3. The SMILES string of the molecule is CCC(CCOC)C(=O)N1CCC(c2nc3ccccc3n2Cc2cccc(F)c2)CC1. The quantitative estimate of drug-likeness (QED) is 0.499. The molecule has 0 saturated carbocycles. The van der Waals surface area contributed by atoms with Crippen molar-refractivity contribution in [3.05, 3.63) is 65.7 Å². The molecule has 1 aliphatic heterocycles. The Labute approximate surface area is 189 Å². The van der Waals surface area contributed by atoms with E-state index in [9.17, 15) is 9.18 Å². The fourth-order valence-corrected chi connectivity index (χ4v) is 4.77. The van der Waals surface area contributed by atoms with Gasteiger partial charge < -0.3 is 14.2 Å². The normalized spacial score (nSPS) is 15.9. The van der Waals surface area contributed by atoms with Crippen molar-refractivity contribution in [2.45, 2.75) is 45.1 Å². The maximum atomic E-state index is 13.8. The first-order chi connectivity index (χ1) is 15.6. The second kappa shape index (κ2) is 10.3. The zero-order chi connectivity index (χ0) is 22.5. The molecule has 0 radical (unpaired) electrons. The summed E-state index contributed by atoms with van der Waals surface area (Å²) in [7, 11) is 1.68. The molecule has 0 spiro atoms. The molecule has 0 bridgehead atoms. The van der Waals surface area contributed by atoms with Gasteiger partial charge in [0.2, 0.25) is 5.91 Å². The minimum Gasteiger partial charge on any atom is -0.385 e. The van der Waals surface area contributed by atoms with Crippen molar-refractivity contribution < 1.29 is 13.9 Å². The van der Waals surface area contributed by atoms with Gasteiger partial charge in [-0.2, -0.15) is 0 Å². The molecule has 0 N–H and O–H groups in total. The van der Waals surface area contributed by atoms with Gasteiger partial charge in [-0.25, -0.2) is 9.37 Å². The predicted molar refractivity (Wildman–Crippen MR) is 124 cm³/mol. The van der Waals surface area contributed by atoms with Gasteiger partial charge in [-0.15, -0.1) is 0 Å². The Hall–Kier alpha value is -2.73. The number of carbonyl (C=O) groups excluding carboxylic acids is 1. The number of aromatic nitrogens is 2. The number of carbonyl (C=O) groups is 1. The number of hydrogen-bond acceptors (Lipinski definition) is 3. The van der Waals surface area contributed by atoms with Crippen LogP contribution in [0.25, 0.3) is 11.0 Å². The van der Waals surface area contributed by atoms with E-state index in [-0.39, 0.29) is 23.6 Å². The lowest BCUT2D eigenvalue weighted by atomic mass is 9.93. The minimum atomic E-state index is -0.223. The molecule has 2 heterocycles. The maximum Gasteiger partial charge on any atom is 0.225 e. The first-order valence-corrected chi connectivity index (χ1v) is 11.6. The van der Waals surface area contributed by atoms with Gasteiger partial charge in [0.05, 0.1) is 11.0 Å². The number of ether oxygens (including phenoxy) is 1. The number of para-hydroxylation sites is 2. The molecule has 32 heavy (non-hydrogen) atoms. The highest BCUT2D eigenvalue weighted by atomic mass is 19.1. The number of likely N-dealkylation sites (tertiary alicyclic amines) is 1. The van der Waals surface area contributed by atoms with Crippen molar-refractivity contribution in [3.63, 3.8) is 0 Å². The fourth-order valence-electron chi connectivity index (χ4n) is 4.77. The molecular formula is C26H32FN3O2. The summed E-state index contributed by atoms with van der Waals surface area (Å²) in [6.07, 6.45) is 3.39. The summed E-state index contributed by atoms with van der Waals surface area (Å²) < 4.78 is 21.2. The zero-order valence-corrected chi connectivity index (χ0v) is 19.0. The number of fused-ring (bicyclic) bond motifs is 1. The highest BCUT2D eigenvalue weighted by Gasteiger charge is 2.30. The molecule has 1 unspecified atom stereocenters. The number of halogens is 1. The van der Waals surface area contributed by atoms with Crippen LogP contribution in [-0.4, -0.2) is 47.2 Å². The average Bonchev–Trinajstić information content (AvgIpc) is 3.18. The molecule has 5 nitrogen and oxygen atoms in total. The number of amides is 1. The largest absolute Gasteiger partial charge is 0.385 e. The van der Waals surface area contributed by atoms with Crippen LogP contribution < -0.4 is 0 Å². The first kappa shape index (κ1) is 22.5. The summed E-state index contributed by atoms with van der Waals surface area (Å²) in [6.45, 7) is 4.76. The van der Waals surface area contributed by atoms with Crippen LogP contribution in [0.1, 0.15) is 49.9 Å². The third-order valence-electron chi connectivity index (χ3n) is 6.60. The van der Waals surface area contributed by atoms with Gasteiger partial charge in [0, 0.05) is 45.2 Å². The molecule has 2 aromatic carbocycles. The van der Waals surface area contributed by atoms with Crippen LogP contribution >= 0.6 is 0 Å².